The lowest BCUT2D eigenvalue weighted by atomic mass is 9.97. The molecule has 6 nitrogen and oxygen atoms in total. The number of anilines is 1. The summed E-state index contributed by atoms with van der Waals surface area (Å²) in [5.74, 6) is -0.0242. The quantitative estimate of drug-likeness (QED) is 0.564. The van der Waals surface area contributed by atoms with E-state index >= 15 is 0 Å². The van der Waals surface area contributed by atoms with Crippen LogP contribution in [0.2, 0.25) is 0 Å². The van der Waals surface area contributed by atoms with Crippen LogP contribution in [0.25, 0.3) is 0 Å². The Balaban J connectivity index is 1.74. The molecule has 2 amide bonds. The molecule has 1 saturated heterocycles. The summed E-state index contributed by atoms with van der Waals surface area (Å²) in [6, 6.07) is 0. The zero-order chi connectivity index (χ0) is 19.5. The van der Waals surface area contributed by atoms with E-state index in [4.69, 9.17) is 0 Å². The van der Waals surface area contributed by atoms with Crippen LogP contribution in [0.1, 0.15) is 83.1 Å². The second-order valence-electron chi connectivity index (χ2n) is 7.44. The lowest BCUT2D eigenvalue weighted by Gasteiger charge is -2.31. The van der Waals surface area contributed by atoms with Gasteiger partial charge in [0.1, 0.15) is 5.01 Å². The first-order valence-corrected chi connectivity index (χ1v) is 11.4. The monoisotopic (exact) mass is 394 g/mol. The molecule has 0 saturated carbocycles. The predicted molar refractivity (Wildman–Crippen MR) is 110 cm³/mol. The summed E-state index contributed by atoms with van der Waals surface area (Å²) in [7, 11) is 0. The summed E-state index contributed by atoms with van der Waals surface area (Å²) in [5.41, 5.74) is 0. The van der Waals surface area contributed by atoms with Crippen molar-refractivity contribution in [2.24, 2.45) is 5.92 Å². The van der Waals surface area contributed by atoms with Crippen molar-refractivity contribution < 1.29 is 9.59 Å². The molecule has 152 valence electrons. The van der Waals surface area contributed by atoms with Crippen molar-refractivity contribution in [1.29, 1.82) is 0 Å². The lowest BCUT2D eigenvalue weighted by molar-refractivity contribution is -0.134. The summed E-state index contributed by atoms with van der Waals surface area (Å²) < 4.78 is 0. The van der Waals surface area contributed by atoms with Gasteiger partial charge in [-0.3, -0.25) is 9.59 Å². The predicted octanol–water partition coefficient (Wildman–Crippen LogP) is 4.42. The Kier molecular flexibility index (Phi) is 9.73. The maximum absolute atomic E-state index is 12.6. The van der Waals surface area contributed by atoms with Crippen LogP contribution in [0.3, 0.4) is 0 Å². The van der Waals surface area contributed by atoms with E-state index in [1.807, 2.05) is 11.8 Å². The van der Waals surface area contributed by atoms with Crippen LogP contribution in [0.15, 0.2) is 0 Å². The molecule has 1 fully saturated rings. The Morgan fingerprint density at radius 2 is 1.89 bits per heavy atom. The van der Waals surface area contributed by atoms with Crippen LogP contribution >= 0.6 is 11.3 Å². The van der Waals surface area contributed by atoms with E-state index in [2.05, 4.69) is 22.4 Å². The SMILES string of the molecule is CCCCCCCCc1nnc(NC(=O)C2CCCN(C(=O)CCC)C2)s1. The molecule has 1 aliphatic rings. The topological polar surface area (TPSA) is 75.2 Å². The van der Waals surface area contributed by atoms with Crippen molar-refractivity contribution in [3.63, 3.8) is 0 Å². The zero-order valence-electron chi connectivity index (χ0n) is 16.8. The molecule has 1 aromatic heterocycles. The third-order valence-electron chi connectivity index (χ3n) is 5.05. The van der Waals surface area contributed by atoms with Gasteiger partial charge in [-0.1, -0.05) is 57.3 Å². The van der Waals surface area contributed by atoms with E-state index in [0.717, 1.165) is 43.7 Å². The number of aromatic nitrogens is 2. The number of hydrogen-bond acceptors (Lipinski definition) is 5. The fourth-order valence-electron chi connectivity index (χ4n) is 3.46. The van der Waals surface area contributed by atoms with Crippen molar-refractivity contribution in [2.75, 3.05) is 18.4 Å². The second-order valence-corrected chi connectivity index (χ2v) is 8.50. The summed E-state index contributed by atoms with van der Waals surface area (Å²) in [5, 5.41) is 12.8. The molecular weight excluding hydrogens is 360 g/mol. The van der Waals surface area contributed by atoms with Gasteiger partial charge in [-0.2, -0.15) is 0 Å². The zero-order valence-corrected chi connectivity index (χ0v) is 17.7. The molecule has 7 heteroatoms. The van der Waals surface area contributed by atoms with Gasteiger partial charge in [-0.05, 0) is 25.7 Å². The van der Waals surface area contributed by atoms with Crippen LogP contribution in [0, 0.1) is 5.92 Å². The molecule has 1 aromatic rings. The highest BCUT2D eigenvalue weighted by molar-refractivity contribution is 7.15. The lowest BCUT2D eigenvalue weighted by Crippen LogP contribution is -2.43. The van der Waals surface area contributed by atoms with E-state index < -0.39 is 0 Å². The molecule has 0 aliphatic carbocycles. The van der Waals surface area contributed by atoms with E-state index in [9.17, 15) is 9.59 Å². The molecule has 27 heavy (non-hydrogen) atoms. The fourth-order valence-corrected chi connectivity index (χ4v) is 4.24. The minimum Gasteiger partial charge on any atom is -0.342 e. The van der Waals surface area contributed by atoms with Gasteiger partial charge in [0.05, 0.1) is 5.92 Å². The molecule has 0 radical (unpaired) electrons. The molecule has 1 atom stereocenters. The molecule has 0 spiro atoms. The van der Waals surface area contributed by atoms with Crippen molar-refractivity contribution >= 4 is 28.3 Å². The number of unbranched alkanes of at least 4 members (excludes halogenated alkanes) is 5. The largest absolute Gasteiger partial charge is 0.342 e. The molecule has 0 aromatic carbocycles. The highest BCUT2D eigenvalue weighted by Gasteiger charge is 2.28. The molecule has 1 N–H and O–H groups in total. The van der Waals surface area contributed by atoms with Crippen LogP contribution in [0.4, 0.5) is 5.13 Å². The Morgan fingerprint density at radius 1 is 1.11 bits per heavy atom. The second kappa shape index (κ2) is 12.1. The maximum atomic E-state index is 12.6. The van der Waals surface area contributed by atoms with E-state index in [-0.39, 0.29) is 17.7 Å². The number of nitrogens with zero attached hydrogens (tertiary/aromatic N) is 3. The molecule has 2 heterocycles. The van der Waals surface area contributed by atoms with Gasteiger partial charge in [0.15, 0.2) is 0 Å². The average Bonchev–Trinajstić information content (AvgIpc) is 3.12. The van der Waals surface area contributed by atoms with Gasteiger partial charge in [0, 0.05) is 25.9 Å². The van der Waals surface area contributed by atoms with Crippen LogP contribution < -0.4 is 5.32 Å². The Morgan fingerprint density at radius 3 is 2.67 bits per heavy atom. The van der Waals surface area contributed by atoms with Gasteiger partial charge >= 0.3 is 0 Å². The highest BCUT2D eigenvalue weighted by atomic mass is 32.1. The molecule has 1 unspecified atom stereocenters. The Labute approximate surface area is 167 Å². The fraction of sp³-hybridized carbons (Fsp3) is 0.800. The number of amides is 2. The third kappa shape index (κ3) is 7.56. The normalized spacial score (nSPS) is 17.1. The first kappa shape index (κ1) is 21.8. The number of carbonyl (C=O) groups is 2. The number of rotatable bonds is 11. The smallest absolute Gasteiger partial charge is 0.231 e. The minimum absolute atomic E-state index is 0.0359. The minimum atomic E-state index is -0.148. The highest BCUT2D eigenvalue weighted by Crippen LogP contribution is 2.22. The summed E-state index contributed by atoms with van der Waals surface area (Å²) >= 11 is 1.47. The summed E-state index contributed by atoms with van der Waals surface area (Å²) in [6.45, 7) is 5.52. The number of likely N-dealkylation sites (tertiary alicyclic amines) is 1. The van der Waals surface area contributed by atoms with Crippen LogP contribution in [-0.2, 0) is 16.0 Å². The summed E-state index contributed by atoms with van der Waals surface area (Å²) in [6.07, 6.45) is 11.6. The Bertz CT molecular complexity index is 590. The molecule has 1 aliphatic heterocycles. The maximum Gasteiger partial charge on any atom is 0.231 e. The van der Waals surface area contributed by atoms with Gasteiger partial charge < -0.3 is 10.2 Å². The van der Waals surface area contributed by atoms with Crippen molar-refractivity contribution in [1.82, 2.24) is 15.1 Å². The molecule has 2 rings (SSSR count). The van der Waals surface area contributed by atoms with Gasteiger partial charge in [0.2, 0.25) is 16.9 Å². The average molecular weight is 395 g/mol. The van der Waals surface area contributed by atoms with Crippen LogP contribution in [0.5, 0.6) is 0 Å². The van der Waals surface area contributed by atoms with E-state index in [0.29, 0.717) is 18.1 Å². The number of piperidine rings is 1. The number of carbonyl (C=O) groups excluding carboxylic acids is 2. The first-order chi connectivity index (χ1) is 13.1. The standard InChI is InChI=1S/C20H34N4O2S/c1-3-5-6-7-8-9-13-17-22-23-20(27-17)21-19(26)16-12-10-14-24(15-16)18(25)11-4-2/h16H,3-15H2,1-2H3,(H,21,23,26). The van der Waals surface area contributed by atoms with E-state index in [1.54, 1.807) is 0 Å². The molecule has 0 bridgehead atoms. The Hall–Kier alpha value is -1.50. The molecular formula is C20H34N4O2S. The van der Waals surface area contributed by atoms with Gasteiger partial charge in [-0.15, -0.1) is 10.2 Å². The van der Waals surface area contributed by atoms with Crippen LogP contribution in [-0.4, -0.2) is 40.0 Å². The first-order valence-electron chi connectivity index (χ1n) is 10.5. The van der Waals surface area contributed by atoms with Gasteiger partial charge in [-0.25, -0.2) is 0 Å². The number of aryl methyl sites for hydroxylation is 1. The third-order valence-corrected chi connectivity index (χ3v) is 5.95. The summed E-state index contributed by atoms with van der Waals surface area (Å²) in [4.78, 5) is 26.5. The van der Waals surface area contributed by atoms with Crippen molar-refractivity contribution in [2.45, 2.75) is 84.5 Å². The number of nitrogens with one attached hydrogen (secondary N) is 1. The van der Waals surface area contributed by atoms with Crippen molar-refractivity contribution in [3.8, 4) is 0 Å². The number of hydrogen-bond donors (Lipinski definition) is 1. The van der Waals surface area contributed by atoms with Crippen molar-refractivity contribution in [3.05, 3.63) is 5.01 Å². The van der Waals surface area contributed by atoms with E-state index in [1.165, 1.54) is 43.4 Å². The van der Waals surface area contributed by atoms with Gasteiger partial charge in [0.25, 0.3) is 0 Å².